The van der Waals surface area contributed by atoms with Gasteiger partial charge in [-0.1, -0.05) is 6.07 Å². The Morgan fingerprint density at radius 2 is 1.48 bits per heavy atom. The van der Waals surface area contributed by atoms with Crippen LogP contribution in [0, 0.1) is 38.5 Å². The van der Waals surface area contributed by atoms with Crippen molar-refractivity contribution in [1.82, 2.24) is 19.6 Å². The number of hydrogen-bond acceptors (Lipinski definition) is 4. The van der Waals surface area contributed by atoms with Crippen molar-refractivity contribution in [3.63, 3.8) is 0 Å². The fourth-order valence-corrected chi connectivity index (χ4v) is 6.88. The first-order chi connectivity index (χ1) is 14.0. The third-order valence-electron chi connectivity index (χ3n) is 7.45. The molecule has 0 saturated heterocycles. The first kappa shape index (κ1) is 17.4. The average Bonchev–Trinajstić information content (AvgIpc) is 3.04. The van der Waals surface area contributed by atoms with Crippen LogP contribution >= 0.6 is 0 Å². The second kappa shape index (κ2) is 6.04. The molecule has 0 radical (unpaired) electrons. The van der Waals surface area contributed by atoms with Crippen LogP contribution in [0.4, 0.5) is 11.5 Å². The van der Waals surface area contributed by atoms with E-state index in [9.17, 15) is 0 Å². The lowest BCUT2D eigenvalue weighted by Crippen LogP contribution is -2.49. The molecule has 5 nitrogen and oxygen atoms in total. The molecule has 4 aliphatic rings. The molecular formula is C24H29N5. The fourth-order valence-electron chi connectivity index (χ4n) is 6.88. The van der Waals surface area contributed by atoms with Gasteiger partial charge in [0.1, 0.15) is 5.82 Å². The highest BCUT2D eigenvalue weighted by atomic mass is 15.4. The van der Waals surface area contributed by atoms with Crippen molar-refractivity contribution in [2.75, 3.05) is 5.32 Å². The molecule has 4 fully saturated rings. The van der Waals surface area contributed by atoms with Gasteiger partial charge in [-0.3, -0.25) is 0 Å². The highest BCUT2D eigenvalue weighted by Gasteiger charge is 2.53. The van der Waals surface area contributed by atoms with E-state index in [0.29, 0.717) is 0 Å². The summed E-state index contributed by atoms with van der Waals surface area (Å²) in [5.41, 5.74) is 4.74. The highest BCUT2D eigenvalue weighted by Crippen LogP contribution is 2.60. The number of aromatic nitrogens is 4. The van der Waals surface area contributed by atoms with Gasteiger partial charge in [0.15, 0.2) is 5.82 Å². The van der Waals surface area contributed by atoms with Crippen LogP contribution in [0.3, 0.4) is 0 Å². The molecule has 29 heavy (non-hydrogen) atoms. The van der Waals surface area contributed by atoms with Crippen LogP contribution in [0.15, 0.2) is 24.3 Å². The molecule has 2 heterocycles. The monoisotopic (exact) mass is 387 g/mol. The first-order valence-corrected chi connectivity index (χ1v) is 11.1. The Balaban J connectivity index is 1.43. The maximum absolute atomic E-state index is 5.07. The predicted molar refractivity (Wildman–Crippen MR) is 115 cm³/mol. The van der Waals surface area contributed by atoms with Gasteiger partial charge in [0, 0.05) is 22.9 Å². The Kier molecular flexibility index (Phi) is 3.63. The number of anilines is 2. The van der Waals surface area contributed by atoms with Crippen molar-refractivity contribution in [2.24, 2.45) is 17.8 Å². The maximum atomic E-state index is 5.07. The van der Waals surface area contributed by atoms with Gasteiger partial charge >= 0.3 is 0 Å². The van der Waals surface area contributed by atoms with Crippen LogP contribution in [0.5, 0.6) is 0 Å². The lowest BCUT2D eigenvalue weighted by Gasteiger charge is -2.55. The predicted octanol–water partition coefficient (Wildman–Crippen LogP) is 5.26. The summed E-state index contributed by atoms with van der Waals surface area (Å²) in [6, 6.07) is 8.61. The molecule has 0 unspecified atom stereocenters. The van der Waals surface area contributed by atoms with E-state index < -0.39 is 0 Å². The molecule has 1 aromatic carbocycles. The highest BCUT2D eigenvalue weighted by molar-refractivity contribution is 5.60. The van der Waals surface area contributed by atoms with Crippen LogP contribution < -0.4 is 5.32 Å². The molecule has 1 N–H and O–H groups in total. The molecule has 0 atom stereocenters. The van der Waals surface area contributed by atoms with Crippen LogP contribution in [0.2, 0.25) is 0 Å². The summed E-state index contributed by atoms with van der Waals surface area (Å²) in [5.74, 6) is 5.36. The summed E-state index contributed by atoms with van der Waals surface area (Å²) in [6.45, 7) is 6.30. The molecule has 4 aliphatic carbocycles. The number of benzene rings is 1. The summed E-state index contributed by atoms with van der Waals surface area (Å²) in [4.78, 5) is 9.71. The second-order valence-electron chi connectivity index (χ2n) is 10.1. The van der Waals surface area contributed by atoms with E-state index in [1.807, 2.05) is 11.4 Å². The number of nitrogens with zero attached hydrogens (tertiary/aromatic N) is 4. The third kappa shape index (κ3) is 2.85. The summed E-state index contributed by atoms with van der Waals surface area (Å²) in [5, 5.41) is 8.64. The van der Waals surface area contributed by atoms with Crippen molar-refractivity contribution in [2.45, 2.75) is 64.7 Å². The van der Waals surface area contributed by atoms with Crippen molar-refractivity contribution in [3.8, 4) is 0 Å². The van der Waals surface area contributed by atoms with Crippen LogP contribution in [0.1, 0.15) is 61.2 Å². The minimum absolute atomic E-state index is 0.188. The topological polar surface area (TPSA) is 55.1 Å². The number of nitrogens with one attached hydrogen (secondary N) is 1. The Morgan fingerprint density at radius 1 is 0.862 bits per heavy atom. The molecule has 4 bridgehead atoms. The van der Waals surface area contributed by atoms with Crippen LogP contribution in [0.25, 0.3) is 5.78 Å². The van der Waals surface area contributed by atoms with Gasteiger partial charge in [0.05, 0.1) is 0 Å². The summed E-state index contributed by atoms with van der Waals surface area (Å²) in [6.07, 6.45) is 8.12. The summed E-state index contributed by atoms with van der Waals surface area (Å²) >= 11 is 0. The SMILES string of the molecule is Cc1cc(C)cc(Nc2cc(C)nc3nc(C45CC6CC(CC(C6)C4)C5)nn23)c1. The van der Waals surface area contributed by atoms with Gasteiger partial charge in [-0.2, -0.15) is 9.50 Å². The molecule has 2 aromatic heterocycles. The van der Waals surface area contributed by atoms with E-state index in [0.717, 1.165) is 46.6 Å². The van der Waals surface area contributed by atoms with E-state index in [-0.39, 0.29) is 5.41 Å². The van der Waals surface area contributed by atoms with E-state index in [2.05, 4.69) is 43.4 Å². The van der Waals surface area contributed by atoms with Gasteiger partial charge in [0.25, 0.3) is 5.78 Å². The average molecular weight is 388 g/mol. The Hall–Kier alpha value is -2.43. The van der Waals surface area contributed by atoms with Crippen molar-refractivity contribution < 1.29 is 0 Å². The molecule has 4 saturated carbocycles. The van der Waals surface area contributed by atoms with E-state index in [1.54, 1.807) is 0 Å². The van der Waals surface area contributed by atoms with Gasteiger partial charge in [-0.25, -0.2) is 4.98 Å². The number of fused-ring (bicyclic) bond motifs is 1. The zero-order valence-corrected chi connectivity index (χ0v) is 17.6. The molecule has 150 valence electrons. The lowest BCUT2D eigenvalue weighted by atomic mass is 9.49. The van der Waals surface area contributed by atoms with Crippen LogP contribution in [-0.2, 0) is 5.41 Å². The zero-order chi connectivity index (χ0) is 19.8. The van der Waals surface area contributed by atoms with E-state index in [4.69, 9.17) is 15.1 Å². The zero-order valence-electron chi connectivity index (χ0n) is 17.6. The van der Waals surface area contributed by atoms with Gasteiger partial charge in [0.2, 0.25) is 0 Å². The van der Waals surface area contributed by atoms with Crippen molar-refractivity contribution >= 4 is 17.3 Å². The number of hydrogen-bond donors (Lipinski definition) is 1. The smallest absolute Gasteiger partial charge is 0.254 e. The third-order valence-corrected chi connectivity index (χ3v) is 7.45. The van der Waals surface area contributed by atoms with Crippen molar-refractivity contribution in [1.29, 1.82) is 0 Å². The first-order valence-electron chi connectivity index (χ1n) is 11.1. The molecule has 7 rings (SSSR count). The molecule has 0 amide bonds. The summed E-state index contributed by atoms with van der Waals surface area (Å²) in [7, 11) is 0. The van der Waals surface area contributed by atoms with E-state index in [1.165, 1.54) is 49.7 Å². The minimum atomic E-state index is 0.188. The van der Waals surface area contributed by atoms with Crippen molar-refractivity contribution in [3.05, 3.63) is 46.9 Å². The lowest BCUT2D eigenvalue weighted by molar-refractivity contribution is -0.00925. The van der Waals surface area contributed by atoms with Gasteiger partial charge < -0.3 is 5.32 Å². The molecular weight excluding hydrogens is 358 g/mol. The number of aryl methyl sites for hydroxylation is 3. The Bertz CT molecular complexity index is 1060. The maximum Gasteiger partial charge on any atom is 0.254 e. The molecule has 3 aromatic rings. The standard InChI is InChI=1S/C24H29N5/c1-14-4-15(2)6-20(5-14)26-21-7-16(3)25-23-27-22(28-29(21)23)24-11-17-8-18(12-24)10-19(9-17)13-24/h4-7,17-19,26H,8-13H2,1-3H3. The Labute approximate surface area is 172 Å². The normalized spacial score (nSPS) is 30.2. The summed E-state index contributed by atoms with van der Waals surface area (Å²) < 4.78 is 1.93. The fraction of sp³-hybridized carbons (Fsp3) is 0.542. The quantitative estimate of drug-likeness (QED) is 0.666. The minimum Gasteiger partial charge on any atom is -0.340 e. The van der Waals surface area contributed by atoms with E-state index >= 15 is 0 Å². The van der Waals surface area contributed by atoms with Crippen LogP contribution in [-0.4, -0.2) is 19.6 Å². The molecule has 0 spiro atoms. The second-order valence-corrected chi connectivity index (χ2v) is 10.1. The largest absolute Gasteiger partial charge is 0.340 e. The van der Waals surface area contributed by atoms with Gasteiger partial charge in [-0.05, 0) is 100 Å². The molecule has 5 heteroatoms. The Morgan fingerprint density at radius 3 is 2.10 bits per heavy atom. The molecule has 0 aliphatic heterocycles. The number of rotatable bonds is 3. The van der Waals surface area contributed by atoms with Gasteiger partial charge in [-0.15, -0.1) is 5.10 Å².